The second-order valence-corrected chi connectivity index (χ2v) is 4.80. The number of nitrogens with one attached hydrogen (secondary N) is 1. The Balaban J connectivity index is 1.81. The van der Waals surface area contributed by atoms with Crippen LogP contribution in [0.1, 0.15) is 11.1 Å². The van der Waals surface area contributed by atoms with Gasteiger partial charge in [0.15, 0.2) is 5.58 Å². The molecule has 0 aliphatic rings. The van der Waals surface area contributed by atoms with Gasteiger partial charge in [-0.15, -0.1) is 0 Å². The predicted octanol–water partition coefficient (Wildman–Crippen LogP) is 2.45. The Labute approximate surface area is 115 Å². The van der Waals surface area contributed by atoms with Gasteiger partial charge >= 0.3 is 5.76 Å². The van der Waals surface area contributed by atoms with Crippen LogP contribution in [-0.2, 0) is 13.6 Å². The number of pyridine rings is 1. The maximum absolute atomic E-state index is 11.4. The average molecular weight is 269 g/mol. The van der Waals surface area contributed by atoms with E-state index in [0.29, 0.717) is 12.1 Å². The lowest BCUT2D eigenvalue weighted by Gasteiger charge is -2.05. The van der Waals surface area contributed by atoms with E-state index in [2.05, 4.69) is 10.3 Å². The van der Waals surface area contributed by atoms with Gasteiger partial charge in [0, 0.05) is 19.8 Å². The van der Waals surface area contributed by atoms with Gasteiger partial charge in [0.25, 0.3) is 0 Å². The number of anilines is 1. The normalized spacial score (nSPS) is 10.9. The maximum Gasteiger partial charge on any atom is 0.419 e. The van der Waals surface area contributed by atoms with E-state index in [4.69, 9.17) is 4.42 Å². The first kappa shape index (κ1) is 12.5. The SMILES string of the molecule is Cc1ccc(NCc2ccc3c(c2)oc(=O)n3C)nc1. The molecule has 20 heavy (non-hydrogen) atoms. The number of hydrogen-bond donors (Lipinski definition) is 1. The van der Waals surface area contributed by atoms with E-state index < -0.39 is 0 Å². The third kappa shape index (κ3) is 2.30. The van der Waals surface area contributed by atoms with Crippen LogP contribution in [-0.4, -0.2) is 9.55 Å². The Morgan fingerprint density at radius 1 is 1.30 bits per heavy atom. The molecule has 0 atom stereocenters. The molecule has 0 bridgehead atoms. The summed E-state index contributed by atoms with van der Waals surface area (Å²) in [6, 6.07) is 9.68. The Hall–Kier alpha value is -2.56. The van der Waals surface area contributed by atoms with E-state index in [-0.39, 0.29) is 5.76 Å². The lowest BCUT2D eigenvalue weighted by Crippen LogP contribution is -2.08. The van der Waals surface area contributed by atoms with Crippen molar-refractivity contribution in [2.75, 3.05) is 5.32 Å². The molecule has 1 N–H and O–H groups in total. The molecule has 0 aliphatic carbocycles. The van der Waals surface area contributed by atoms with Crippen molar-refractivity contribution in [2.45, 2.75) is 13.5 Å². The Morgan fingerprint density at radius 3 is 2.90 bits per heavy atom. The van der Waals surface area contributed by atoms with Crippen LogP contribution in [0.25, 0.3) is 11.1 Å². The summed E-state index contributed by atoms with van der Waals surface area (Å²) in [6.07, 6.45) is 1.82. The molecular weight excluding hydrogens is 254 g/mol. The van der Waals surface area contributed by atoms with Gasteiger partial charge in [-0.05, 0) is 36.2 Å². The average Bonchev–Trinajstić information content (AvgIpc) is 2.73. The van der Waals surface area contributed by atoms with Gasteiger partial charge in [-0.2, -0.15) is 0 Å². The molecular formula is C15H15N3O2. The van der Waals surface area contributed by atoms with Crippen molar-refractivity contribution in [1.29, 1.82) is 0 Å². The minimum absolute atomic E-state index is 0.342. The minimum atomic E-state index is -0.342. The summed E-state index contributed by atoms with van der Waals surface area (Å²) in [6.45, 7) is 2.63. The van der Waals surface area contributed by atoms with Gasteiger partial charge < -0.3 is 9.73 Å². The Kier molecular flexibility index (Phi) is 3.02. The molecule has 1 aromatic carbocycles. The third-order valence-corrected chi connectivity index (χ3v) is 3.24. The van der Waals surface area contributed by atoms with E-state index >= 15 is 0 Å². The summed E-state index contributed by atoms with van der Waals surface area (Å²) in [5, 5.41) is 3.24. The quantitative estimate of drug-likeness (QED) is 0.793. The zero-order valence-corrected chi connectivity index (χ0v) is 11.4. The van der Waals surface area contributed by atoms with Gasteiger partial charge in [0.1, 0.15) is 5.82 Å². The monoisotopic (exact) mass is 269 g/mol. The number of oxazole rings is 1. The standard InChI is InChI=1S/C15H15N3O2/c1-10-3-6-14(16-8-10)17-9-11-4-5-12-13(7-11)20-15(19)18(12)2/h3-8H,9H2,1-2H3,(H,16,17). The lowest BCUT2D eigenvalue weighted by molar-refractivity contribution is 0.528. The number of fused-ring (bicyclic) bond motifs is 1. The fraction of sp³-hybridized carbons (Fsp3) is 0.200. The highest BCUT2D eigenvalue weighted by Crippen LogP contribution is 2.15. The summed E-state index contributed by atoms with van der Waals surface area (Å²) < 4.78 is 6.67. The smallest absolute Gasteiger partial charge is 0.408 e. The maximum atomic E-state index is 11.4. The molecule has 0 amide bonds. The van der Waals surface area contributed by atoms with Crippen LogP contribution in [0.2, 0.25) is 0 Å². The second kappa shape index (κ2) is 4.85. The molecule has 0 spiro atoms. The number of rotatable bonds is 3. The Morgan fingerprint density at radius 2 is 2.15 bits per heavy atom. The van der Waals surface area contributed by atoms with Gasteiger partial charge in [0.2, 0.25) is 0 Å². The highest BCUT2D eigenvalue weighted by atomic mass is 16.4. The molecule has 5 heteroatoms. The summed E-state index contributed by atoms with van der Waals surface area (Å²) in [5.41, 5.74) is 3.57. The van der Waals surface area contributed by atoms with Crippen LogP contribution in [0, 0.1) is 6.92 Å². The third-order valence-electron chi connectivity index (χ3n) is 3.24. The fourth-order valence-electron chi connectivity index (χ4n) is 2.05. The van der Waals surface area contributed by atoms with Crippen molar-refractivity contribution in [2.24, 2.45) is 7.05 Å². The van der Waals surface area contributed by atoms with Crippen LogP contribution in [0.4, 0.5) is 5.82 Å². The molecule has 0 fully saturated rings. The van der Waals surface area contributed by atoms with Gasteiger partial charge in [-0.3, -0.25) is 4.57 Å². The zero-order valence-electron chi connectivity index (χ0n) is 11.4. The van der Waals surface area contributed by atoms with E-state index in [0.717, 1.165) is 22.5 Å². The minimum Gasteiger partial charge on any atom is -0.408 e. The summed E-state index contributed by atoms with van der Waals surface area (Å²) in [4.78, 5) is 15.7. The zero-order chi connectivity index (χ0) is 14.1. The number of hydrogen-bond acceptors (Lipinski definition) is 4. The summed E-state index contributed by atoms with van der Waals surface area (Å²) in [5.74, 6) is 0.482. The largest absolute Gasteiger partial charge is 0.419 e. The van der Waals surface area contributed by atoms with Crippen molar-refractivity contribution in [1.82, 2.24) is 9.55 Å². The number of benzene rings is 1. The molecule has 0 radical (unpaired) electrons. The van der Waals surface area contributed by atoms with E-state index in [1.807, 2.05) is 43.5 Å². The topological polar surface area (TPSA) is 60.1 Å². The highest BCUT2D eigenvalue weighted by molar-refractivity contribution is 5.73. The van der Waals surface area contributed by atoms with Crippen LogP contribution < -0.4 is 11.1 Å². The van der Waals surface area contributed by atoms with E-state index in [1.54, 1.807) is 7.05 Å². The van der Waals surface area contributed by atoms with Crippen molar-refractivity contribution >= 4 is 16.9 Å². The summed E-state index contributed by atoms with van der Waals surface area (Å²) in [7, 11) is 1.70. The Bertz CT molecular complexity index is 800. The number of aromatic nitrogens is 2. The molecule has 102 valence electrons. The lowest BCUT2D eigenvalue weighted by atomic mass is 10.2. The second-order valence-electron chi connectivity index (χ2n) is 4.80. The van der Waals surface area contributed by atoms with E-state index in [9.17, 15) is 4.79 Å². The van der Waals surface area contributed by atoms with Crippen LogP contribution in [0.5, 0.6) is 0 Å². The van der Waals surface area contributed by atoms with Crippen LogP contribution in [0.3, 0.4) is 0 Å². The van der Waals surface area contributed by atoms with Crippen molar-refractivity contribution in [3.05, 3.63) is 58.2 Å². The van der Waals surface area contributed by atoms with Gasteiger partial charge in [-0.25, -0.2) is 9.78 Å². The molecule has 3 rings (SSSR count). The van der Waals surface area contributed by atoms with Crippen molar-refractivity contribution in [3.63, 3.8) is 0 Å². The molecule has 0 saturated carbocycles. The first-order valence-corrected chi connectivity index (χ1v) is 6.38. The number of nitrogens with zero attached hydrogens (tertiary/aromatic N) is 2. The molecule has 0 saturated heterocycles. The molecule has 2 aromatic heterocycles. The fourth-order valence-corrected chi connectivity index (χ4v) is 2.05. The van der Waals surface area contributed by atoms with Crippen LogP contribution >= 0.6 is 0 Å². The van der Waals surface area contributed by atoms with Crippen LogP contribution in [0.15, 0.2) is 45.7 Å². The van der Waals surface area contributed by atoms with Crippen molar-refractivity contribution < 1.29 is 4.42 Å². The predicted molar refractivity (Wildman–Crippen MR) is 77.8 cm³/mol. The van der Waals surface area contributed by atoms with E-state index in [1.165, 1.54) is 4.57 Å². The molecule has 0 unspecified atom stereocenters. The van der Waals surface area contributed by atoms with Gasteiger partial charge in [0.05, 0.1) is 5.52 Å². The molecule has 2 heterocycles. The van der Waals surface area contributed by atoms with Gasteiger partial charge in [-0.1, -0.05) is 12.1 Å². The molecule has 3 aromatic rings. The number of aryl methyl sites for hydroxylation is 2. The summed E-state index contributed by atoms with van der Waals surface area (Å²) >= 11 is 0. The first-order valence-electron chi connectivity index (χ1n) is 6.38. The molecule has 5 nitrogen and oxygen atoms in total. The molecule has 0 aliphatic heterocycles. The first-order chi connectivity index (χ1) is 9.63. The highest BCUT2D eigenvalue weighted by Gasteiger charge is 2.06. The van der Waals surface area contributed by atoms with Crippen molar-refractivity contribution in [3.8, 4) is 0 Å².